The van der Waals surface area contributed by atoms with Gasteiger partial charge in [0.05, 0.1) is 5.84 Å². The first-order chi connectivity index (χ1) is 7.90. The standard InChI is InChI=1S/C14H23N3/c1-10-7-11(2)13(12(3)8-10)9-17(4)6-5-14(15)16/h7-8H,5-6,9H2,1-4H3,(H3,15,16). The molecule has 17 heavy (non-hydrogen) atoms. The van der Waals surface area contributed by atoms with E-state index in [2.05, 4.69) is 44.9 Å². The zero-order valence-corrected chi connectivity index (χ0v) is 11.3. The highest BCUT2D eigenvalue weighted by molar-refractivity contribution is 5.76. The molecule has 0 amide bonds. The molecule has 0 saturated carbocycles. The first-order valence-electron chi connectivity index (χ1n) is 5.98. The van der Waals surface area contributed by atoms with Gasteiger partial charge < -0.3 is 10.6 Å². The summed E-state index contributed by atoms with van der Waals surface area (Å²) in [4.78, 5) is 2.21. The third-order valence-electron chi connectivity index (χ3n) is 3.03. The first-order valence-corrected chi connectivity index (χ1v) is 5.98. The van der Waals surface area contributed by atoms with E-state index in [4.69, 9.17) is 11.1 Å². The molecule has 0 radical (unpaired) electrons. The molecular weight excluding hydrogens is 210 g/mol. The van der Waals surface area contributed by atoms with Gasteiger partial charge in [0, 0.05) is 19.5 Å². The summed E-state index contributed by atoms with van der Waals surface area (Å²) in [6.07, 6.45) is 0.639. The monoisotopic (exact) mass is 233 g/mol. The van der Waals surface area contributed by atoms with Gasteiger partial charge in [-0.2, -0.15) is 0 Å². The van der Waals surface area contributed by atoms with Crippen molar-refractivity contribution in [3.8, 4) is 0 Å². The molecule has 94 valence electrons. The fourth-order valence-corrected chi connectivity index (χ4v) is 2.12. The van der Waals surface area contributed by atoms with Gasteiger partial charge in [0.2, 0.25) is 0 Å². The lowest BCUT2D eigenvalue weighted by atomic mass is 9.99. The molecule has 0 aliphatic heterocycles. The van der Waals surface area contributed by atoms with Crippen molar-refractivity contribution in [2.45, 2.75) is 33.7 Å². The van der Waals surface area contributed by atoms with Crippen LogP contribution >= 0.6 is 0 Å². The van der Waals surface area contributed by atoms with Crippen molar-refractivity contribution in [1.29, 1.82) is 5.41 Å². The maximum atomic E-state index is 7.23. The SMILES string of the molecule is Cc1cc(C)c(CN(C)CCC(=N)N)c(C)c1. The summed E-state index contributed by atoms with van der Waals surface area (Å²) in [6.45, 7) is 8.21. The van der Waals surface area contributed by atoms with Crippen LogP contribution in [0.5, 0.6) is 0 Å². The molecular formula is C14H23N3. The molecule has 1 aromatic rings. The van der Waals surface area contributed by atoms with E-state index in [1.54, 1.807) is 0 Å². The molecule has 3 N–H and O–H groups in total. The third kappa shape index (κ3) is 4.19. The van der Waals surface area contributed by atoms with Crippen LogP contribution in [0.25, 0.3) is 0 Å². The van der Waals surface area contributed by atoms with E-state index < -0.39 is 0 Å². The first kappa shape index (κ1) is 13.7. The van der Waals surface area contributed by atoms with Crippen LogP contribution in [-0.2, 0) is 6.54 Å². The molecule has 3 heteroatoms. The van der Waals surface area contributed by atoms with Gasteiger partial charge in [-0.05, 0) is 44.5 Å². The lowest BCUT2D eigenvalue weighted by Gasteiger charge is -2.19. The number of hydrogen-bond donors (Lipinski definition) is 2. The van der Waals surface area contributed by atoms with Gasteiger partial charge in [-0.1, -0.05) is 17.7 Å². The number of nitrogens with zero attached hydrogens (tertiary/aromatic N) is 1. The highest BCUT2D eigenvalue weighted by Gasteiger charge is 2.07. The summed E-state index contributed by atoms with van der Waals surface area (Å²) in [5.41, 5.74) is 10.8. The highest BCUT2D eigenvalue weighted by atomic mass is 15.1. The Bertz CT molecular complexity index is 387. The molecule has 1 rings (SSSR count). The number of amidine groups is 1. The fourth-order valence-electron chi connectivity index (χ4n) is 2.12. The average molecular weight is 233 g/mol. The second kappa shape index (κ2) is 5.82. The average Bonchev–Trinajstić information content (AvgIpc) is 2.20. The number of rotatable bonds is 5. The molecule has 1 aromatic carbocycles. The number of aryl methyl sites for hydroxylation is 3. The van der Waals surface area contributed by atoms with Crippen LogP contribution < -0.4 is 5.73 Å². The maximum Gasteiger partial charge on any atom is 0.0918 e. The van der Waals surface area contributed by atoms with Gasteiger partial charge >= 0.3 is 0 Å². The van der Waals surface area contributed by atoms with E-state index in [0.29, 0.717) is 6.42 Å². The Kier molecular flexibility index (Phi) is 4.70. The lowest BCUT2D eigenvalue weighted by molar-refractivity contribution is 0.335. The van der Waals surface area contributed by atoms with Crippen molar-refractivity contribution in [2.75, 3.05) is 13.6 Å². The van der Waals surface area contributed by atoms with Crippen LogP contribution in [0.15, 0.2) is 12.1 Å². The van der Waals surface area contributed by atoms with Crippen molar-refractivity contribution in [2.24, 2.45) is 5.73 Å². The minimum absolute atomic E-state index is 0.259. The maximum absolute atomic E-state index is 7.23. The fraction of sp³-hybridized carbons (Fsp3) is 0.500. The van der Waals surface area contributed by atoms with Gasteiger partial charge in [-0.15, -0.1) is 0 Å². The molecule has 0 fully saturated rings. The van der Waals surface area contributed by atoms with Crippen molar-refractivity contribution in [1.82, 2.24) is 4.90 Å². The lowest BCUT2D eigenvalue weighted by Crippen LogP contribution is -2.24. The summed E-state index contributed by atoms with van der Waals surface area (Å²) in [6, 6.07) is 4.45. The summed E-state index contributed by atoms with van der Waals surface area (Å²) >= 11 is 0. The second-order valence-corrected chi connectivity index (χ2v) is 4.89. The predicted octanol–water partition coefficient (Wildman–Crippen LogP) is 2.37. The van der Waals surface area contributed by atoms with Crippen LogP contribution in [0.3, 0.4) is 0 Å². The Morgan fingerprint density at radius 2 is 1.76 bits per heavy atom. The topological polar surface area (TPSA) is 53.1 Å². The smallest absolute Gasteiger partial charge is 0.0918 e. The van der Waals surface area contributed by atoms with E-state index in [1.807, 2.05) is 0 Å². The van der Waals surface area contributed by atoms with Crippen LogP contribution in [0.1, 0.15) is 28.7 Å². The van der Waals surface area contributed by atoms with E-state index in [0.717, 1.165) is 13.1 Å². The summed E-state index contributed by atoms with van der Waals surface area (Å²) in [5, 5.41) is 7.23. The Labute approximate surface area is 104 Å². The third-order valence-corrected chi connectivity index (χ3v) is 3.03. The Morgan fingerprint density at radius 3 is 2.24 bits per heavy atom. The van der Waals surface area contributed by atoms with E-state index in [9.17, 15) is 0 Å². The van der Waals surface area contributed by atoms with Gasteiger partial charge in [0.15, 0.2) is 0 Å². The van der Waals surface area contributed by atoms with E-state index in [1.165, 1.54) is 22.3 Å². The van der Waals surface area contributed by atoms with Gasteiger partial charge in [-0.25, -0.2) is 0 Å². The molecule has 0 bridgehead atoms. The zero-order valence-electron chi connectivity index (χ0n) is 11.3. The number of benzene rings is 1. The van der Waals surface area contributed by atoms with E-state index in [-0.39, 0.29) is 5.84 Å². The van der Waals surface area contributed by atoms with Crippen LogP contribution in [0, 0.1) is 26.2 Å². The molecule has 0 aromatic heterocycles. The second-order valence-electron chi connectivity index (χ2n) is 4.89. The molecule has 0 unspecified atom stereocenters. The number of hydrogen-bond acceptors (Lipinski definition) is 2. The summed E-state index contributed by atoms with van der Waals surface area (Å²) in [5.74, 6) is 0.259. The van der Waals surface area contributed by atoms with Crippen molar-refractivity contribution >= 4 is 5.84 Å². The normalized spacial score (nSPS) is 10.9. The van der Waals surface area contributed by atoms with E-state index >= 15 is 0 Å². The predicted molar refractivity (Wildman–Crippen MR) is 73.5 cm³/mol. The van der Waals surface area contributed by atoms with Gasteiger partial charge in [0.25, 0.3) is 0 Å². The summed E-state index contributed by atoms with van der Waals surface area (Å²) < 4.78 is 0. The quantitative estimate of drug-likeness (QED) is 0.606. The molecule has 0 spiro atoms. The summed E-state index contributed by atoms with van der Waals surface area (Å²) in [7, 11) is 2.07. The molecule has 0 aliphatic carbocycles. The van der Waals surface area contributed by atoms with Crippen molar-refractivity contribution in [3.63, 3.8) is 0 Å². The molecule has 0 atom stereocenters. The molecule has 0 aliphatic rings. The van der Waals surface area contributed by atoms with Crippen molar-refractivity contribution < 1.29 is 0 Å². The zero-order chi connectivity index (χ0) is 13.0. The minimum Gasteiger partial charge on any atom is -0.388 e. The molecule has 3 nitrogen and oxygen atoms in total. The number of nitrogens with two attached hydrogens (primary N) is 1. The highest BCUT2D eigenvalue weighted by Crippen LogP contribution is 2.17. The van der Waals surface area contributed by atoms with Crippen LogP contribution in [0.4, 0.5) is 0 Å². The largest absolute Gasteiger partial charge is 0.388 e. The Hall–Kier alpha value is -1.35. The Morgan fingerprint density at radius 1 is 1.24 bits per heavy atom. The molecule has 0 saturated heterocycles. The van der Waals surface area contributed by atoms with Gasteiger partial charge in [0.1, 0.15) is 0 Å². The number of nitrogens with one attached hydrogen (secondary N) is 1. The van der Waals surface area contributed by atoms with Crippen LogP contribution in [0.2, 0.25) is 0 Å². The minimum atomic E-state index is 0.259. The van der Waals surface area contributed by atoms with Crippen LogP contribution in [-0.4, -0.2) is 24.3 Å². The molecule has 0 heterocycles. The van der Waals surface area contributed by atoms with Crippen molar-refractivity contribution in [3.05, 3.63) is 34.4 Å². The Balaban J connectivity index is 2.71. The van der Waals surface area contributed by atoms with Gasteiger partial charge in [-0.3, -0.25) is 5.41 Å².